The summed E-state index contributed by atoms with van der Waals surface area (Å²) in [5.74, 6) is -0.829. The zero-order valence-electron chi connectivity index (χ0n) is 11.2. The van der Waals surface area contributed by atoms with Crippen LogP contribution in [0.2, 0.25) is 0 Å². The van der Waals surface area contributed by atoms with Crippen LogP contribution in [-0.4, -0.2) is 35.1 Å². The highest BCUT2D eigenvalue weighted by atomic mass is 19.4. The van der Waals surface area contributed by atoms with Crippen molar-refractivity contribution in [2.24, 2.45) is 0 Å². The van der Waals surface area contributed by atoms with Gasteiger partial charge >= 0.3 is 6.18 Å². The van der Waals surface area contributed by atoms with Crippen LogP contribution in [0.4, 0.5) is 24.7 Å². The van der Waals surface area contributed by atoms with Gasteiger partial charge in [-0.05, 0) is 6.92 Å². The lowest BCUT2D eigenvalue weighted by atomic mass is 10.2. The lowest BCUT2D eigenvalue weighted by molar-refractivity contribution is -0.385. The number of anilines is 1. The van der Waals surface area contributed by atoms with Gasteiger partial charge in [0.1, 0.15) is 12.0 Å². The quantitative estimate of drug-likeness (QED) is 0.641. The summed E-state index contributed by atoms with van der Waals surface area (Å²) in [4.78, 5) is 25.5. The fraction of sp³-hybridized carbons (Fsp3) is 0.455. The van der Waals surface area contributed by atoms with E-state index < -0.39 is 35.2 Å². The molecule has 0 radical (unpaired) electrons. The number of alkyl halides is 3. The minimum Gasteiger partial charge on any atom is -0.372 e. The van der Waals surface area contributed by atoms with Crippen LogP contribution < -0.4 is 10.6 Å². The molecule has 1 aromatic rings. The largest absolute Gasteiger partial charge is 0.391 e. The van der Waals surface area contributed by atoms with Gasteiger partial charge in [-0.3, -0.25) is 14.9 Å². The number of nitrogens with one attached hydrogen (secondary N) is 2. The fourth-order valence-corrected chi connectivity index (χ4v) is 1.63. The summed E-state index contributed by atoms with van der Waals surface area (Å²) >= 11 is 0. The number of halogens is 3. The maximum atomic E-state index is 12.2. The van der Waals surface area contributed by atoms with Crippen LogP contribution in [0.25, 0.3) is 0 Å². The van der Waals surface area contributed by atoms with E-state index in [1.54, 1.807) is 0 Å². The zero-order valence-corrected chi connectivity index (χ0v) is 11.2. The number of pyridine rings is 1. The molecule has 0 aliphatic rings. The smallest absolute Gasteiger partial charge is 0.372 e. The van der Waals surface area contributed by atoms with E-state index in [9.17, 15) is 28.1 Å². The highest BCUT2D eigenvalue weighted by Gasteiger charge is 2.31. The first-order chi connectivity index (χ1) is 9.64. The summed E-state index contributed by atoms with van der Waals surface area (Å²) in [6.45, 7) is 1.19. The molecule has 0 aromatic carbocycles. The molecule has 1 heterocycles. The van der Waals surface area contributed by atoms with E-state index in [1.807, 2.05) is 0 Å². The molecule has 0 fully saturated rings. The first-order valence-corrected chi connectivity index (χ1v) is 5.84. The Balaban J connectivity index is 2.95. The van der Waals surface area contributed by atoms with Crippen LogP contribution in [-0.2, 0) is 0 Å². The SMILES string of the molecule is CNc1ncc([N+](=O)[O-])cc1C(=O)NC(C)CC(F)(F)F. The molecular weight excluding hydrogens is 293 g/mol. The van der Waals surface area contributed by atoms with Crippen LogP contribution in [0.15, 0.2) is 12.3 Å². The summed E-state index contributed by atoms with van der Waals surface area (Å²) in [7, 11) is 1.43. The Kier molecular flexibility index (Phi) is 5.06. The van der Waals surface area contributed by atoms with Crippen molar-refractivity contribution >= 4 is 17.4 Å². The summed E-state index contributed by atoms with van der Waals surface area (Å²) in [5.41, 5.74) is -0.622. The summed E-state index contributed by atoms with van der Waals surface area (Å²) in [6, 6.07) is -0.212. The number of carbonyl (C=O) groups excluding carboxylic acids is 1. The maximum absolute atomic E-state index is 12.2. The number of carbonyl (C=O) groups is 1. The second-order valence-electron chi connectivity index (χ2n) is 4.29. The van der Waals surface area contributed by atoms with Crippen molar-refractivity contribution in [1.82, 2.24) is 10.3 Å². The second kappa shape index (κ2) is 6.37. The van der Waals surface area contributed by atoms with Crippen LogP contribution >= 0.6 is 0 Å². The summed E-state index contributed by atoms with van der Waals surface area (Å²) in [5, 5.41) is 15.3. The zero-order chi connectivity index (χ0) is 16.2. The van der Waals surface area contributed by atoms with Crippen LogP contribution in [0.3, 0.4) is 0 Å². The average molecular weight is 306 g/mol. The van der Waals surface area contributed by atoms with Gasteiger partial charge in [-0.2, -0.15) is 13.2 Å². The van der Waals surface area contributed by atoms with Gasteiger partial charge in [-0.15, -0.1) is 0 Å². The third-order valence-corrected chi connectivity index (χ3v) is 2.48. The Morgan fingerprint density at radius 3 is 2.62 bits per heavy atom. The van der Waals surface area contributed by atoms with Crippen LogP contribution in [0.5, 0.6) is 0 Å². The van der Waals surface area contributed by atoms with Crippen LogP contribution in [0.1, 0.15) is 23.7 Å². The average Bonchev–Trinajstić information content (AvgIpc) is 2.35. The molecule has 0 saturated heterocycles. The lowest BCUT2D eigenvalue weighted by Gasteiger charge is -2.16. The molecule has 7 nitrogen and oxygen atoms in total. The number of hydrogen-bond acceptors (Lipinski definition) is 5. The Morgan fingerprint density at radius 1 is 1.52 bits per heavy atom. The third kappa shape index (κ3) is 4.89. The number of aromatic nitrogens is 1. The van der Waals surface area contributed by atoms with Gasteiger partial charge in [-0.1, -0.05) is 0 Å². The predicted octanol–water partition coefficient (Wildman–Crippen LogP) is 2.10. The number of nitro groups is 1. The van der Waals surface area contributed by atoms with E-state index in [-0.39, 0.29) is 11.4 Å². The van der Waals surface area contributed by atoms with Gasteiger partial charge < -0.3 is 10.6 Å². The normalized spacial score (nSPS) is 12.6. The first-order valence-electron chi connectivity index (χ1n) is 5.84. The molecule has 1 unspecified atom stereocenters. The van der Waals surface area contributed by atoms with Crippen LogP contribution in [0, 0.1) is 10.1 Å². The first kappa shape index (κ1) is 16.7. The maximum Gasteiger partial charge on any atom is 0.391 e. The molecule has 1 rings (SSSR count). The van der Waals surface area contributed by atoms with Crippen molar-refractivity contribution in [1.29, 1.82) is 0 Å². The minimum absolute atomic E-state index is 0.0392. The minimum atomic E-state index is -4.42. The highest BCUT2D eigenvalue weighted by Crippen LogP contribution is 2.22. The Labute approximate surface area is 117 Å². The molecule has 1 amide bonds. The van der Waals surface area contributed by atoms with Crippen molar-refractivity contribution in [2.45, 2.75) is 25.6 Å². The number of hydrogen-bond donors (Lipinski definition) is 2. The topological polar surface area (TPSA) is 97.2 Å². The van der Waals surface area contributed by atoms with E-state index in [0.29, 0.717) is 0 Å². The molecule has 1 aromatic heterocycles. The van der Waals surface area contributed by atoms with Crippen molar-refractivity contribution in [2.75, 3.05) is 12.4 Å². The lowest BCUT2D eigenvalue weighted by Crippen LogP contribution is -2.36. The summed E-state index contributed by atoms with van der Waals surface area (Å²) in [6.07, 6.45) is -4.67. The van der Waals surface area contributed by atoms with Crippen molar-refractivity contribution in [3.8, 4) is 0 Å². The van der Waals surface area contributed by atoms with E-state index in [4.69, 9.17) is 0 Å². The van der Waals surface area contributed by atoms with Crippen molar-refractivity contribution in [3.63, 3.8) is 0 Å². The molecule has 1 atom stereocenters. The molecule has 2 N–H and O–H groups in total. The standard InChI is InChI=1S/C11H13F3N4O3/c1-6(4-11(12,13)14)17-10(19)8-3-7(18(20)21)5-16-9(8)15-2/h3,5-6H,4H2,1-2H3,(H,15,16)(H,17,19). The number of rotatable bonds is 5. The van der Waals surface area contributed by atoms with Gasteiger partial charge in [0.2, 0.25) is 0 Å². The molecule has 0 spiro atoms. The molecule has 0 aliphatic heterocycles. The van der Waals surface area contributed by atoms with Gasteiger partial charge in [0.15, 0.2) is 0 Å². The number of amides is 1. The Morgan fingerprint density at radius 2 is 2.14 bits per heavy atom. The predicted molar refractivity (Wildman–Crippen MR) is 68.0 cm³/mol. The molecule has 0 bridgehead atoms. The van der Waals surface area contributed by atoms with Crippen molar-refractivity contribution < 1.29 is 22.9 Å². The molecule has 0 aliphatic carbocycles. The fourth-order valence-electron chi connectivity index (χ4n) is 1.63. The summed E-state index contributed by atoms with van der Waals surface area (Å²) < 4.78 is 36.6. The third-order valence-electron chi connectivity index (χ3n) is 2.48. The highest BCUT2D eigenvalue weighted by molar-refractivity contribution is 5.99. The van der Waals surface area contributed by atoms with Gasteiger partial charge in [0, 0.05) is 19.2 Å². The molecular formula is C11H13F3N4O3. The van der Waals surface area contributed by atoms with E-state index in [2.05, 4.69) is 15.6 Å². The Bertz CT molecular complexity index is 548. The monoisotopic (exact) mass is 306 g/mol. The second-order valence-corrected chi connectivity index (χ2v) is 4.29. The molecule has 0 saturated carbocycles. The molecule has 10 heteroatoms. The van der Waals surface area contributed by atoms with E-state index >= 15 is 0 Å². The van der Waals surface area contributed by atoms with Gasteiger partial charge in [0.05, 0.1) is 16.9 Å². The van der Waals surface area contributed by atoms with E-state index in [1.165, 1.54) is 14.0 Å². The molecule has 116 valence electrons. The van der Waals surface area contributed by atoms with Gasteiger partial charge in [-0.25, -0.2) is 4.98 Å². The number of nitrogens with zero attached hydrogens (tertiary/aromatic N) is 2. The molecule has 21 heavy (non-hydrogen) atoms. The van der Waals surface area contributed by atoms with Gasteiger partial charge in [0.25, 0.3) is 11.6 Å². The van der Waals surface area contributed by atoms with E-state index in [0.717, 1.165) is 12.3 Å². The van der Waals surface area contributed by atoms with Crippen molar-refractivity contribution in [3.05, 3.63) is 27.9 Å². The Hall–Kier alpha value is -2.39.